The van der Waals surface area contributed by atoms with Crippen molar-refractivity contribution in [3.05, 3.63) is 65.5 Å². The van der Waals surface area contributed by atoms with E-state index in [0.717, 1.165) is 16.4 Å². The molecule has 5 nitrogen and oxygen atoms in total. The molecule has 0 fully saturated rings. The van der Waals surface area contributed by atoms with E-state index in [9.17, 15) is 0 Å². The van der Waals surface area contributed by atoms with Crippen LogP contribution in [0.4, 0.5) is 5.13 Å². The van der Waals surface area contributed by atoms with Gasteiger partial charge in [-0.25, -0.2) is 4.98 Å². The Morgan fingerprint density at radius 3 is 2.34 bits per heavy atom. The maximum Gasteiger partial charge on any atom is 0.203 e. The first-order chi connectivity index (χ1) is 14.2. The molecule has 0 amide bonds. The van der Waals surface area contributed by atoms with Gasteiger partial charge in [0.2, 0.25) is 5.75 Å². The van der Waals surface area contributed by atoms with Crippen molar-refractivity contribution in [2.45, 2.75) is 6.54 Å². The fourth-order valence-electron chi connectivity index (χ4n) is 3.33. The smallest absolute Gasteiger partial charge is 0.203 e. The lowest BCUT2D eigenvalue weighted by molar-refractivity contribution is 0.324. The first-order valence-corrected chi connectivity index (χ1v) is 10.1. The lowest BCUT2D eigenvalue weighted by Gasteiger charge is -2.13. The van der Waals surface area contributed by atoms with Crippen molar-refractivity contribution in [2.24, 2.45) is 0 Å². The van der Waals surface area contributed by atoms with E-state index in [4.69, 9.17) is 19.2 Å². The summed E-state index contributed by atoms with van der Waals surface area (Å²) in [6.45, 7) is 0.712. The number of hydrogen-bond donors (Lipinski definition) is 1. The van der Waals surface area contributed by atoms with Gasteiger partial charge in [0.1, 0.15) is 0 Å². The van der Waals surface area contributed by atoms with Crippen LogP contribution in [-0.4, -0.2) is 26.3 Å². The Hall–Kier alpha value is -3.25. The molecule has 0 aliphatic heterocycles. The van der Waals surface area contributed by atoms with Gasteiger partial charge < -0.3 is 19.5 Å². The Kier molecular flexibility index (Phi) is 5.53. The van der Waals surface area contributed by atoms with E-state index in [1.807, 2.05) is 17.5 Å². The average Bonchev–Trinajstić information content (AvgIpc) is 3.25. The third-order valence-electron chi connectivity index (χ3n) is 4.77. The van der Waals surface area contributed by atoms with Gasteiger partial charge in [-0.05, 0) is 28.5 Å². The molecular weight excluding hydrogens is 384 g/mol. The van der Waals surface area contributed by atoms with Crippen molar-refractivity contribution in [2.75, 3.05) is 26.6 Å². The van der Waals surface area contributed by atoms with Gasteiger partial charge in [0.15, 0.2) is 16.6 Å². The lowest BCUT2D eigenvalue weighted by atomic mass is 10.0. The molecule has 0 saturated carbocycles. The van der Waals surface area contributed by atoms with Gasteiger partial charge >= 0.3 is 0 Å². The summed E-state index contributed by atoms with van der Waals surface area (Å²) in [6.07, 6.45) is 0. The van der Waals surface area contributed by atoms with Crippen LogP contribution in [0.3, 0.4) is 0 Å². The van der Waals surface area contributed by atoms with Gasteiger partial charge in [-0.1, -0.05) is 42.5 Å². The van der Waals surface area contributed by atoms with Crippen LogP contribution in [0.15, 0.2) is 60.0 Å². The number of anilines is 1. The zero-order valence-corrected chi connectivity index (χ0v) is 17.4. The summed E-state index contributed by atoms with van der Waals surface area (Å²) < 4.78 is 16.3. The Morgan fingerprint density at radius 2 is 1.62 bits per heavy atom. The van der Waals surface area contributed by atoms with Gasteiger partial charge in [-0.3, -0.25) is 0 Å². The second-order valence-corrected chi connectivity index (χ2v) is 7.30. The Morgan fingerprint density at radius 1 is 0.897 bits per heavy atom. The zero-order valence-electron chi connectivity index (χ0n) is 16.6. The number of benzene rings is 3. The minimum absolute atomic E-state index is 0.572. The normalized spacial score (nSPS) is 10.7. The third-order valence-corrected chi connectivity index (χ3v) is 5.57. The van der Waals surface area contributed by atoms with Crippen molar-refractivity contribution in [1.82, 2.24) is 4.98 Å². The minimum Gasteiger partial charge on any atom is -0.493 e. The number of methoxy groups -OCH3 is 3. The topological polar surface area (TPSA) is 52.6 Å². The van der Waals surface area contributed by atoms with E-state index in [1.54, 1.807) is 32.7 Å². The number of nitrogens with one attached hydrogen (secondary N) is 1. The average molecular weight is 407 g/mol. The molecule has 4 rings (SSSR count). The molecule has 4 aromatic rings. The van der Waals surface area contributed by atoms with E-state index in [2.05, 4.69) is 47.8 Å². The quantitative estimate of drug-likeness (QED) is 0.433. The number of hydrogen-bond acceptors (Lipinski definition) is 6. The highest BCUT2D eigenvalue weighted by Gasteiger charge is 2.15. The summed E-state index contributed by atoms with van der Waals surface area (Å²) in [5.41, 5.74) is 3.01. The SMILES string of the molecule is COc1cc(-c2csc(NCc3cccc4ccccc34)n2)cc(OC)c1OC. The van der Waals surface area contributed by atoms with Crippen molar-refractivity contribution >= 4 is 27.2 Å². The number of nitrogens with zero attached hydrogens (tertiary/aromatic N) is 1. The van der Waals surface area contributed by atoms with Gasteiger partial charge in [-0.2, -0.15) is 0 Å². The Labute approximate surface area is 173 Å². The van der Waals surface area contributed by atoms with Gasteiger partial charge in [0.25, 0.3) is 0 Å². The van der Waals surface area contributed by atoms with Crippen LogP contribution in [-0.2, 0) is 6.54 Å². The van der Waals surface area contributed by atoms with Gasteiger partial charge in [0, 0.05) is 17.5 Å². The minimum atomic E-state index is 0.572. The molecule has 1 N–H and O–H groups in total. The molecule has 0 saturated heterocycles. The standard InChI is InChI=1S/C23H22N2O3S/c1-26-20-11-17(12-21(27-2)22(20)28-3)19-14-29-23(25-19)24-13-16-9-6-8-15-7-4-5-10-18(15)16/h4-12,14H,13H2,1-3H3,(H,24,25). The molecule has 6 heteroatoms. The van der Waals surface area contributed by atoms with Gasteiger partial charge in [-0.15, -0.1) is 11.3 Å². The fraction of sp³-hybridized carbons (Fsp3) is 0.174. The Balaban J connectivity index is 1.57. The molecule has 0 bridgehead atoms. The highest BCUT2D eigenvalue weighted by atomic mass is 32.1. The lowest BCUT2D eigenvalue weighted by Crippen LogP contribution is -1.99. The summed E-state index contributed by atoms with van der Waals surface area (Å²) in [7, 11) is 4.82. The molecule has 0 aliphatic carbocycles. The monoisotopic (exact) mass is 406 g/mol. The van der Waals surface area contributed by atoms with Crippen LogP contribution >= 0.6 is 11.3 Å². The number of ether oxygens (including phenoxy) is 3. The summed E-state index contributed by atoms with van der Waals surface area (Å²) in [4.78, 5) is 4.74. The first kappa shape index (κ1) is 19.1. The van der Waals surface area contributed by atoms with E-state index >= 15 is 0 Å². The van der Waals surface area contributed by atoms with E-state index in [1.165, 1.54) is 16.3 Å². The molecule has 1 aromatic heterocycles. The summed E-state index contributed by atoms with van der Waals surface area (Å²) in [5.74, 6) is 1.79. The number of rotatable bonds is 7. The maximum atomic E-state index is 5.45. The molecule has 1 heterocycles. The van der Waals surface area contributed by atoms with Gasteiger partial charge in [0.05, 0.1) is 27.0 Å². The second-order valence-electron chi connectivity index (χ2n) is 6.44. The molecule has 3 aromatic carbocycles. The molecule has 0 radical (unpaired) electrons. The number of aromatic nitrogens is 1. The van der Waals surface area contributed by atoms with Crippen molar-refractivity contribution < 1.29 is 14.2 Å². The van der Waals surface area contributed by atoms with E-state index in [0.29, 0.717) is 23.8 Å². The van der Waals surface area contributed by atoms with Crippen LogP contribution in [0.1, 0.15) is 5.56 Å². The predicted molar refractivity (Wildman–Crippen MR) is 118 cm³/mol. The fourth-order valence-corrected chi connectivity index (χ4v) is 4.05. The molecule has 0 unspecified atom stereocenters. The largest absolute Gasteiger partial charge is 0.493 e. The van der Waals surface area contributed by atoms with Crippen LogP contribution in [0, 0.1) is 0 Å². The van der Waals surface area contributed by atoms with Crippen LogP contribution in [0.2, 0.25) is 0 Å². The van der Waals surface area contributed by atoms with Crippen LogP contribution in [0.5, 0.6) is 17.2 Å². The third kappa shape index (κ3) is 3.84. The number of fused-ring (bicyclic) bond motifs is 1. The summed E-state index contributed by atoms with van der Waals surface area (Å²) >= 11 is 1.57. The molecule has 29 heavy (non-hydrogen) atoms. The molecule has 0 aliphatic rings. The Bertz CT molecular complexity index is 1110. The predicted octanol–water partition coefficient (Wildman–Crippen LogP) is 5.60. The molecule has 0 atom stereocenters. The highest BCUT2D eigenvalue weighted by molar-refractivity contribution is 7.14. The molecular formula is C23H22N2O3S. The number of thiazole rings is 1. The summed E-state index contributed by atoms with van der Waals surface area (Å²) in [5, 5.41) is 8.82. The summed E-state index contributed by atoms with van der Waals surface area (Å²) in [6, 6.07) is 18.6. The van der Waals surface area contributed by atoms with Crippen molar-refractivity contribution in [3.8, 4) is 28.5 Å². The van der Waals surface area contributed by atoms with E-state index in [-0.39, 0.29) is 0 Å². The van der Waals surface area contributed by atoms with Crippen LogP contribution < -0.4 is 19.5 Å². The second kappa shape index (κ2) is 8.41. The van der Waals surface area contributed by atoms with E-state index < -0.39 is 0 Å². The molecule has 148 valence electrons. The highest BCUT2D eigenvalue weighted by Crippen LogP contribution is 2.41. The molecule has 0 spiro atoms. The van der Waals surface area contributed by atoms with Crippen molar-refractivity contribution in [1.29, 1.82) is 0 Å². The van der Waals surface area contributed by atoms with Crippen molar-refractivity contribution in [3.63, 3.8) is 0 Å². The first-order valence-electron chi connectivity index (χ1n) is 9.20. The zero-order chi connectivity index (χ0) is 20.2. The van der Waals surface area contributed by atoms with Crippen LogP contribution in [0.25, 0.3) is 22.0 Å². The maximum absolute atomic E-state index is 5.45.